The summed E-state index contributed by atoms with van der Waals surface area (Å²) < 4.78 is 8.65. The molecule has 9 aromatic rings. The lowest BCUT2D eigenvalue weighted by Crippen LogP contribution is -2.16. The minimum Gasteiger partial charge on any atom is -0.507 e. The number of aryl methyl sites for hydroxylation is 1. The molecular weight excluding hydrogens is 687 g/mol. The van der Waals surface area contributed by atoms with Crippen molar-refractivity contribution < 1.29 is 9.52 Å². The maximum atomic E-state index is 11.5. The van der Waals surface area contributed by atoms with Gasteiger partial charge in [0, 0.05) is 33.7 Å². The Hall–Kier alpha value is -6.46. The SMILES string of the molecule is Cc1cccc(-c2cc(-c3cccc(-c4nc5ccccn5c4-c4cc(C(C)(C)C)cc(C(C)(C)C)c4)c3)nc(-c3c(O)ccc4c3oc3ccccc34)c2)c1. The largest absolute Gasteiger partial charge is 0.507 e. The van der Waals surface area contributed by atoms with E-state index in [4.69, 9.17) is 14.4 Å². The van der Waals surface area contributed by atoms with E-state index in [2.05, 4.69) is 150 Å². The molecule has 56 heavy (non-hydrogen) atoms. The van der Waals surface area contributed by atoms with Gasteiger partial charge in [-0.1, -0.05) is 120 Å². The molecule has 0 bridgehead atoms. The highest BCUT2D eigenvalue weighted by atomic mass is 16.3. The van der Waals surface area contributed by atoms with Gasteiger partial charge in [-0.3, -0.25) is 4.40 Å². The fraction of sp³-hybridized carbons (Fsp3) is 0.176. The zero-order chi connectivity index (χ0) is 38.9. The quantitative estimate of drug-likeness (QED) is 0.191. The smallest absolute Gasteiger partial charge is 0.148 e. The van der Waals surface area contributed by atoms with Crippen molar-refractivity contribution in [2.24, 2.45) is 0 Å². The Morgan fingerprint density at radius 3 is 2.02 bits per heavy atom. The second-order valence-electron chi connectivity index (χ2n) is 17.0. The molecule has 9 rings (SSSR count). The van der Waals surface area contributed by atoms with Crippen LogP contribution < -0.4 is 0 Å². The summed E-state index contributed by atoms with van der Waals surface area (Å²) in [6.07, 6.45) is 2.11. The average Bonchev–Trinajstić information content (AvgIpc) is 3.76. The standard InChI is InChI=1S/C51H45N3O2/c1-31-14-12-15-32(24-31)35-28-41(52-42(29-35)46-43(55)22-21-40-39-18-8-9-19-44(39)56-49(40)46)33-16-13-17-34(25-33)47-48(54-23-11-10-20-45(54)53-47)36-26-37(50(2,3)4)30-38(27-36)51(5,6)7/h8-30,55H,1-7H3. The van der Waals surface area contributed by atoms with Gasteiger partial charge in [0.1, 0.15) is 22.6 Å². The first kappa shape index (κ1) is 35.3. The highest BCUT2D eigenvalue weighted by Crippen LogP contribution is 2.43. The summed E-state index contributed by atoms with van der Waals surface area (Å²) in [5, 5.41) is 13.4. The van der Waals surface area contributed by atoms with Crippen LogP contribution in [0, 0.1) is 6.92 Å². The second-order valence-corrected chi connectivity index (χ2v) is 17.0. The van der Waals surface area contributed by atoms with Gasteiger partial charge in [-0.05, 0) is 101 Å². The molecule has 0 amide bonds. The van der Waals surface area contributed by atoms with Crippen molar-refractivity contribution in [1.29, 1.82) is 0 Å². The number of nitrogens with zero attached hydrogens (tertiary/aromatic N) is 3. The van der Waals surface area contributed by atoms with Gasteiger partial charge in [0.2, 0.25) is 0 Å². The highest BCUT2D eigenvalue weighted by molar-refractivity contribution is 6.10. The van der Waals surface area contributed by atoms with Gasteiger partial charge in [0.15, 0.2) is 0 Å². The number of hydrogen-bond donors (Lipinski definition) is 1. The summed E-state index contributed by atoms with van der Waals surface area (Å²) in [4.78, 5) is 10.6. The Morgan fingerprint density at radius 1 is 0.554 bits per heavy atom. The van der Waals surface area contributed by atoms with Gasteiger partial charge in [-0.25, -0.2) is 9.97 Å². The Kier molecular flexibility index (Phi) is 8.24. The molecule has 4 aromatic heterocycles. The van der Waals surface area contributed by atoms with E-state index in [0.717, 1.165) is 72.5 Å². The fourth-order valence-corrected chi connectivity index (χ4v) is 7.75. The summed E-state index contributed by atoms with van der Waals surface area (Å²) in [6, 6.07) is 46.0. The first-order valence-electron chi connectivity index (χ1n) is 19.3. The van der Waals surface area contributed by atoms with E-state index in [1.54, 1.807) is 6.07 Å². The monoisotopic (exact) mass is 731 g/mol. The molecule has 276 valence electrons. The first-order chi connectivity index (χ1) is 26.8. The van der Waals surface area contributed by atoms with Gasteiger partial charge in [-0.2, -0.15) is 0 Å². The van der Waals surface area contributed by atoms with Crippen LogP contribution in [0.25, 0.3) is 83.7 Å². The van der Waals surface area contributed by atoms with E-state index in [-0.39, 0.29) is 16.6 Å². The molecule has 0 saturated heterocycles. The lowest BCUT2D eigenvalue weighted by atomic mass is 9.79. The molecule has 0 aliphatic heterocycles. The number of phenols is 1. The minimum absolute atomic E-state index is 0.0383. The number of para-hydroxylation sites is 1. The molecule has 0 saturated carbocycles. The number of fused-ring (bicyclic) bond motifs is 4. The van der Waals surface area contributed by atoms with Crippen LogP contribution in [-0.2, 0) is 10.8 Å². The fourth-order valence-electron chi connectivity index (χ4n) is 7.75. The van der Waals surface area contributed by atoms with E-state index in [1.807, 2.05) is 36.4 Å². The molecule has 0 radical (unpaired) electrons. The number of hydrogen-bond acceptors (Lipinski definition) is 4. The summed E-state index contributed by atoms with van der Waals surface area (Å²) in [5.74, 6) is 0.117. The first-order valence-corrected chi connectivity index (χ1v) is 19.3. The van der Waals surface area contributed by atoms with Crippen LogP contribution in [0.1, 0.15) is 58.2 Å². The predicted octanol–water partition coefficient (Wildman–Crippen LogP) is 13.6. The van der Waals surface area contributed by atoms with Crippen LogP contribution in [0.15, 0.2) is 144 Å². The molecule has 1 N–H and O–H groups in total. The third kappa shape index (κ3) is 6.23. The lowest BCUT2D eigenvalue weighted by molar-refractivity contribution is 0.477. The van der Waals surface area contributed by atoms with E-state index in [9.17, 15) is 5.11 Å². The van der Waals surface area contributed by atoms with Crippen LogP contribution in [-0.4, -0.2) is 19.5 Å². The number of benzene rings is 5. The number of pyridine rings is 2. The van der Waals surface area contributed by atoms with Crippen LogP contribution in [0.2, 0.25) is 0 Å². The van der Waals surface area contributed by atoms with Crippen molar-refractivity contribution in [2.75, 3.05) is 0 Å². The van der Waals surface area contributed by atoms with Crippen LogP contribution >= 0.6 is 0 Å². The van der Waals surface area contributed by atoms with E-state index >= 15 is 0 Å². The van der Waals surface area contributed by atoms with E-state index in [0.29, 0.717) is 16.8 Å². The third-order valence-corrected chi connectivity index (χ3v) is 10.9. The maximum absolute atomic E-state index is 11.5. The lowest BCUT2D eigenvalue weighted by Gasteiger charge is -2.26. The van der Waals surface area contributed by atoms with Crippen molar-refractivity contribution in [3.63, 3.8) is 0 Å². The Morgan fingerprint density at radius 2 is 1.25 bits per heavy atom. The number of imidazole rings is 1. The predicted molar refractivity (Wildman–Crippen MR) is 231 cm³/mol. The normalized spacial score (nSPS) is 12.3. The average molecular weight is 732 g/mol. The molecule has 0 spiro atoms. The van der Waals surface area contributed by atoms with Crippen molar-refractivity contribution >= 4 is 27.6 Å². The van der Waals surface area contributed by atoms with Crippen molar-refractivity contribution in [3.05, 3.63) is 156 Å². The third-order valence-electron chi connectivity index (χ3n) is 10.9. The molecule has 0 atom stereocenters. The zero-order valence-electron chi connectivity index (χ0n) is 33.0. The Labute approximate surface area is 328 Å². The van der Waals surface area contributed by atoms with Crippen molar-refractivity contribution in [1.82, 2.24) is 14.4 Å². The molecule has 5 aromatic carbocycles. The number of aromatic nitrogens is 3. The summed E-state index contributed by atoms with van der Waals surface area (Å²) in [5.41, 5.74) is 15.0. The molecule has 0 fully saturated rings. The zero-order valence-corrected chi connectivity index (χ0v) is 33.0. The summed E-state index contributed by atoms with van der Waals surface area (Å²) >= 11 is 0. The highest BCUT2D eigenvalue weighted by Gasteiger charge is 2.25. The molecule has 0 aliphatic rings. The minimum atomic E-state index is -0.0383. The van der Waals surface area contributed by atoms with Gasteiger partial charge >= 0.3 is 0 Å². The molecule has 0 unspecified atom stereocenters. The number of rotatable bonds is 5. The molecule has 0 aliphatic carbocycles. The summed E-state index contributed by atoms with van der Waals surface area (Å²) in [7, 11) is 0. The van der Waals surface area contributed by atoms with Gasteiger partial charge in [0.25, 0.3) is 0 Å². The van der Waals surface area contributed by atoms with Crippen molar-refractivity contribution in [3.8, 4) is 61.9 Å². The Bertz CT molecular complexity index is 2940. The molecule has 5 nitrogen and oxygen atoms in total. The molecule has 4 heterocycles. The molecule has 5 heteroatoms. The second kappa shape index (κ2) is 13.1. The topological polar surface area (TPSA) is 63.6 Å². The van der Waals surface area contributed by atoms with Crippen LogP contribution in [0.5, 0.6) is 5.75 Å². The van der Waals surface area contributed by atoms with Crippen molar-refractivity contribution in [2.45, 2.75) is 59.3 Å². The van der Waals surface area contributed by atoms with E-state index < -0.39 is 0 Å². The summed E-state index contributed by atoms with van der Waals surface area (Å²) in [6.45, 7) is 15.8. The molecular formula is C51H45N3O2. The Balaban J connectivity index is 1.26. The number of aromatic hydroxyl groups is 1. The number of phenolic OH excluding ortho intramolecular Hbond substituents is 1. The van der Waals surface area contributed by atoms with Crippen LogP contribution in [0.3, 0.4) is 0 Å². The van der Waals surface area contributed by atoms with Gasteiger partial charge < -0.3 is 9.52 Å². The maximum Gasteiger partial charge on any atom is 0.148 e. The number of furan rings is 1. The van der Waals surface area contributed by atoms with Gasteiger partial charge in [-0.15, -0.1) is 0 Å². The van der Waals surface area contributed by atoms with E-state index in [1.165, 1.54) is 11.1 Å². The van der Waals surface area contributed by atoms with Crippen LogP contribution in [0.4, 0.5) is 0 Å². The van der Waals surface area contributed by atoms with Gasteiger partial charge in [0.05, 0.1) is 28.3 Å².